The summed E-state index contributed by atoms with van der Waals surface area (Å²) in [7, 11) is 0. The Hall–Kier alpha value is -1.05. The van der Waals surface area contributed by atoms with E-state index in [9.17, 15) is 0 Å². The van der Waals surface area contributed by atoms with Gasteiger partial charge < -0.3 is 4.90 Å². The maximum absolute atomic E-state index is 4.71. The summed E-state index contributed by atoms with van der Waals surface area (Å²) < 4.78 is 0. The molecule has 0 atom stereocenters. The van der Waals surface area contributed by atoms with Gasteiger partial charge in [0.15, 0.2) is 0 Å². The molecule has 22 heavy (non-hydrogen) atoms. The molecule has 1 saturated heterocycles. The van der Waals surface area contributed by atoms with Gasteiger partial charge in [0.25, 0.3) is 0 Å². The molecule has 0 saturated carbocycles. The zero-order valence-corrected chi connectivity index (χ0v) is 15.4. The molecule has 124 valence electrons. The zero-order valence-electron chi connectivity index (χ0n) is 15.4. The molecular weight excluding hydrogens is 268 g/mol. The quantitative estimate of drug-likeness (QED) is 0.741. The van der Waals surface area contributed by atoms with Gasteiger partial charge in [0.05, 0.1) is 0 Å². The molecule has 2 heterocycles. The summed E-state index contributed by atoms with van der Waals surface area (Å²) in [6.07, 6.45) is 7.42. The maximum Gasteiger partial charge on any atom is 0.128 e. The third-order valence-electron chi connectivity index (χ3n) is 4.86. The van der Waals surface area contributed by atoms with Gasteiger partial charge in [-0.1, -0.05) is 47.6 Å². The van der Waals surface area contributed by atoms with Crippen molar-refractivity contribution in [1.82, 2.24) is 4.98 Å². The Morgan fingerprint density at radius 2 is 1.68 bits per heavy atom. The number of pyridine rings is 1. The maximum atomic E-state index is 4.71. The van der Waals surface area contributed by atoms with Crippen LogP contribution in [0.3, 0.4) is 0 Å². The molecule has 1 aliphatic heterocycles. The summed E-state index contributed by atoms with van der Waals surface area (Å²) in [5, 5.41) is 0. The number of anilines is 1. The molecule has 1 aliphatic rings. The van der Waals surface area contributed by atoms with Crippen LogP contribution in [-0.2, 0) is 5.41 Å². The van der Waals surface area contributed by atoms with Crippen molar-refractivity contribution in [2.24, 2.45) is 11.3 Å². The summed E-state index contributed by atoms with van der Waals surface area (Å²) in [4.78, 5) is 7.16. The smallest absolute Gasteiger partial charge is 0.128 e. The molecule has 0 bridgehead atoms. The van der Waals surface area contributed by atoms with Crippen molar-refractivity contribution < 1.29 is 0 Å². The van der Waals surface area contributed by atoms with Gasteiger partial charge in [0, 0.05) is 19.3 Å². The highest BCUT2D eigenvalue weighted by Gasteiger charge is 2.22. The predicted octanol–water partition coefficient (Wildman–Crippen LogP) is 5.42. The summed E-state index contributed by atoms with van der Waals surface area (Å²) >= 11 is 0. The van der Waals surface area contributed by atoms with Gasteiger partial charge in [-0.2, -0.15) is 0 Å². The lowest BCUT2D eigenvalue weighted by Gasteiger charge is -2.34. The number of nitrogens with zero attached hydrogens (tertiary/aromatic N) is 2. The van der Waals surface area contributed by atoms with Crippen molar-refractivity contribution in [3.05, 3.63) is 23.9 Å². The fourth-order valence-corrected chi connectivity index (χ4v) is 3.10. The van der Waals surface area contributed by atoms with Crippen molar-refractivity contribution in [3.8, 4) is 0 Å². The van der Waals surface area contributed by atoms with Crippen LogP contribution in [0.2, 0.25) is 0 Å². The summed E-state index contributed by atoms with van der Waals surface area (Å²) in [5.41, 5.74) is 1.98. The minimum absolute atomic E-state index is 0.186. The van der Waals surface area contributed by atoms with Crippen LogP contribution in [0.15, 0.2) is 18.3 Å². The van der Waals surface area contributed by atoms with Crippen LogP contribution in [0.4, 0.5) is 5.82 Å². The standard InChI is InChI=1S/C20H34N2/c1-19(2,3)12-9-16-10-13-22(14-11-16)18-8-7-17(15-21-18)20(4,5)6/h7-8,15-16H,9-14H2,1-6H3. The van der Waals surface area contributed by atoms with E-state index in [-0.39, 0.29) is 5.41 Å². The van der Waals surface area contributed by atoms with E-state index in [1.165, 1.54) is 31.2 Å². The lowest BCUT2D eigenvalue weighted by molar-refractivity contribution is 0.292. The highest BCUT2D eigenvalue weighted by Crippen LogP contribution is 2.30. The molecule has 0 aromatic carbocycles. The van der Waals surface area contributed by atoms with E-state index in [0.717, 1.165) is 24.8 Å². The molecule has 0 spiro atoms. The van der Waals surface area contributed by atoms with Gasteiger partial charge in [-0.15, -0.1) is 0 Å². The topological polar surface area (TPSA) is 16.1 Å². The average Bonchev–Trinajstić information content (AvgIpc) is 2.44. The van der Waals surface area contributed by atoms with Crippen LogP contribution in [0.1, 0.15) is 72.8 Å². The Kier molecular flexibility index (Phi) is 5.19. The van der Waals surface area contributed by atoms with Gasteiger partial charge in [0.1, 0.15) is 5.82 Å². The Morgan fingerprint density at radius 1 is 1.05 bits per heavy atom. The van der Waals surface area contributed by atoms with Gasteiger partial charge in [-0.3, -0.25) is 0 Å². The lowest BCUT2D eigenvalue weighted by Crippen LogP contribution is -2.34. The SMILES string of the molecule is CC(C)(C)CCC1CCN(c2ccc(C(C)(C)C)cn2)CC1. The number of piperidine rings is 1. The third kappa shape index (κ3) is 5.00. The normalized spacial score (nSPS) is 17.8. The summed E-state index contributed by atoms with van der Waals surface area (Å²) in [6, 6.07) is 4.45. The average molecular weight is 303 g/mol. The predicted molar refractivity (Wildman–Crippen MR) is 96.6 cm³/mol. The first-order valence-corrected chi connectivity index (χ1v) is 8.87. The monoisotopic (exact) mass is 302 g/mol. The second-order valence-corrected chi connectivity index (χ2v) is 9.18. The Morgan fingerprint density at radius 3 is 2.14 bits per heavy atom. The third-order valence-corrected chi connectivity index (χ3v) is 4.86. The largest absolute Gasteiger partial charge is 0.357 e. The first kappa shape index (κ1) is 17.3. The van der Waals surface area contributed by atoms with Crippen LogP contribution in [0.5, 0.6) is 0 Å². The highest BCUT2D eigenvalue weighted by atomic mass is 15.2. The van der Waals surface area contributed by atoms with E-state index in [1.807, 2.05) is 0 Å². The number of hydrogen-bond acceptors (Lipinski definition) is 2. The first-order chi connectivity index (χ1) is 10.1. The van der Waals surface area contributed by atoms with Gasteiger partial charge >= 0.3 is 0 Å². The molecule has 2 rings (SSSR count). The molecule has 0 aliphatic carbocycles. The van der Waals surface area contributed by atoms with Gasteiger partial charge in [-0.25, -0.2) is 4.98 Å². The number of hydrogen-bond donors (Lipinski definition) is 0. The van der Waals surface area contributed by atoms with Crippen molar-refractivity contribution >= 4 is 5.82 Å². The fraction of sp³-hybridized carbons (Fsp3) is 0.750. The van der Waals surface area contributed by atoms with Gasteiger partial charge in [0.2, 0.25) is 0 Å². The molecular formula is C20H34N2. The van der Waals surface area contributed by atoms with E-state index in [4.69, 9.17) is 4.98 Å². The minimum atomic E-state index is 0.186. The van der Waals surface area contributed by atoms with E-state index in [2.05, 4.69) is 64.8 Å². The molecule has 0 N–H and O–H groups in total. The van der Waals surface area contributed by atoms with Crippen molar-refractivity contribution in [1.29, 1.82) is 0 Å². The number of aromatic nitrogens is 1. The minimum Gasteiger partial charge on any atom is -0.357 e. The Balaban J connectivity index is 1.86. The second-order valence-electron chi connectivity index (χ2n) is 9.18. The Labute approximate surface area is 137 Å². The summed E-state index contributed by atoms with van der Waals surface area (Å²) in [6.45, 7) is 16.1. The van der Waals surface area contributed by atoms with Crippen LogP contribution in [0.25, 0.3) is 0 Å². The zero-order chi connectivity index (χ0) is 16.4. The molecule has 1 aromatic rings. The molecule has 2 heteroatoms. The van der Waals surface area contributed by atoms with Crippen LogP contribution in [-0.4, -0.2) is 18.1 Å². The molecule has 0 unspecified atom stereocenters. The van der Waals surface area contributed by atoms with E-state index in [1.54, 1.807) is 0 Å². The lowest BCUT2D eigenvalue weighted by atomic mass is 9.83. The molecule has 0 radical (unpaired) electrons. The van der Waals surface area contributed by atoms with Crippen molar-refractivity contribution in [2.75, 3.05) is 18.0 Å². The van der Waals surface area contributed by atoms with E-state index in [0.29, 0.717) is 5.41 Å². The van der Waals surface area contributed by atoms with Gasteiger partial charge in [-0.05, 0) is 54.1 Å². The Bertz CT molecular complexity index is 454. The molecule has 2 nitrogen and oxygen atoms in total. The molecule has 1 aromatic heterocycles. The second kappa shape index (κ2) is 6.60. The van der Waals surface area contributed by atoms with Crippen LogP contribution in [0, 0.1) is 11.3 Å². The van der Waals surface area contributed by atoms with Crippen LogP contribution >= 0.6 is 0 Å². The van der Waals surface area contributed by atoms with E-state index < -0.39 is 0 Å². The first-order valence-electron chi connectivity index (χ1n) is 8.87. The summed E-state index contributed by atoms with van der Waals surface area (Å²) in [5.74, 6) is 2.06. The number of rotatable bonds is 3. The highest BCUT2D eigenvalue weighted by molar-refractivity contribution is 5.40. The van der Waals surface area contributed by atoms with Crippen molar-refractivity contribution in [2.45, 2.75) is 72.6 Å². The van der Waals surface area contributed by atoms with Crippen molar-refractivity contribution in [3.63, 3.8) is 0 Å². The van der Waals surface area contributed by atoms with E-state index >= 15 is 0 Å². The molecule has 1 fully saturated rings. The fourth-order valence-electron chi connectivity index (χ4n) is 3.10. The molecule has 0 amide bonds. The van der Waals surface area contributed by atoms with Crippen LogP contribution < -0.4 is 4.90 Å².